The van der Waals surface area contributed by atoms with Crippen molar-refractivity contribution in [2.24, 2.45) is 5.92 Å². The molecular formula is C33H54INO7Si. The highest BCUT2D eigenvalue weighted by Crippen LogP contribution is 2.46. The monoisotopic (exact) mass is 731 g/mol. The Hall–Kier alpha value is -1.05. The van der Waals surface area contributed by atoms with Gasteiger partial charge in [-0.1, -0.05) is 74.1 Å². The van der Waals surface area contributed by atoms with Crippen molar-refractivity contribution in [2.75, 3.05) is 11.0 Å². The second kappa shape index (κ2) is 16.5. The molecule has 0 aliphatic carbocycles. The minimum absolute atomic E-state index is 0.0586. The molecule has 9 atom stereocenters. The van der Waals surface area contributed by atoms with Crippen molar-refractivity contribution < 1.29 is 33.0 Å². The highest BCUT2D eigenvalue weighted by atomic mass is 127. The van der Waals surface area contributed by atoms with Gasteiger partial charge in [-0.2, -0.15) is 0 Å². The van der Waals surface area contributed by atoms with Gasteiger partial charge in [0, 0.05) is 23.8 Å². The first-order chi connectivity index (χ1) is 20.4. The number of rotatable bonds is 14. The number of ether oxygens (including phenoxy) is 4. The number of allylic oxidation sites excluding steroid dienone is 2. The Labute approximate surface area is 274 Å². The number of hydrogen-bond acceptors (Lipinski definition) is 7. The van der Waals surface area contributed by atoms with Crippen molar-refractivity contribution >= 4 is 42.8 Å². The average molecular weight is 732 g/mol. The summed E-state index contributed by atoms with van der Waals surface area (Å²) in [5, 5.41) is 3.05. The normalized spacial score (nSPS) is 34.1. The van der Waals surface area contributed by atoms with E-state index in [0.717, 1.165) is 48.4 Å². The summed E-state index contributed by atoms with van der Waals surface area (Å²) < 4.78 is 32.1. The Morgan fingerprint density at radius 3 is 2.37 bits per heavy atom. The van der Waals surface area contributed by atoms with Gasteiger partial charge in [-0.05, 0) is 63.7 Å². The molecule has 0 radical (unpaired) electrons. The fraction of sp³-hybridized carbons (Fsp3) is 0.758. The molecule has 3 heterocycles. The highest BCUT2D eigenvalue weighted by Gasteiger charge is 2.60. The first-order valence-electron chi connectivity index (χ1n) is 16.1. The van der Waals surface area contributed by atoms with Crippen LogP contribution in [0.15, 0.2) is 36.0 Å². The number of nitrogens with one attached hydrogen (secondary N) is 1. The van der Waals surface area contributed by atoms with Crippen LogP contribution >= 0.6 is 22.6 Å². The van der Waals surface area contributed by atoms with Crippen molar-refractivity contribution in [3.8, 4) is 0 Å². The molecule has 3 fully saturated rings. The molecule has 1 spiro atoms. The molecule has 0 aromatic heterocycles. The number of epoxide rings is 1. The maximum Gasteiger partial charge on any atom is 0.303 e. The van der Waals surface area contributed by atoms with E-state index in [-0.39, 0.29) is 60.0 Å². The molecule has 0 aromatic carbocycles. The maximum atomic E-state index is 12.5. The maximum absolute atomic E-state index is 12.5. The summed E-state index contributed by atoms with van der Waals surface area (Å²) in [6, 6.07) is 3.23. The van der Waals surface area contributed by atoms with E-state index in [2.05, 4.69) is 80.8 Å². The van der Waals surface area contributed by atoms with Crippen molar-refractivity contribution in [2.45, 2.75) is 141 Å². The summed E-state index contributed by atoms with van der Waals surface area (Å²) in [5.41, 5.74) is 0.961. The third-order valence-electron chi connectivity index (χ3n) is 9.37. The molecule has 0 aromatic rings. The van der Waals surface area contributed by atoms with Crippen LogP contribution in [0.25, 0.3) is 0 Å². The second-order valence-corrected chi connectivity index (χ2v) is 18.2. The quantitative estimate of drug-likeness (QED) is 0.0418. The van der Waals surface area contributed by atoms with Gasteiger partial charge in [0.25, 0.3) is 0 Å². The van der Waals surface area contributed by atoms with Gasteiger partial charge in [-0.15, -0.1) is 0 Å². The highest BCUT2D eigenvalue weighted by molar-refractivity contribution is 14.1. The van der Waals surface area contributed by atoms with Crippen molar-refractivity contribution in [3.05, 3.63) is 36.0 Å². The van der Waals surface area contributed by atoms with E-state index in [9.17, 15) is 9.59 Å². The predicted octanol–water partition coefficient (Wildman–Crippen LogP) is 6.44. The molecule has 0 saturated carbocycles. The van der Waals surface area contributed by atoms with Gasteiger partial charge in [-0.3, -0.25) is 9.59 Å². The number of carbonyl (C=O) groups is 2. The molecule has 3 aliphatic heterocycles. The predicted molar refractivity (Wildman–Crippen MR) is 181 cm³/mol. The molecule has 0 unspecified atom stereocenters. The van der Waals surface area contributed by atoms with Crippen LogP contribution in [0.2, 0.25) is 18.1 Å². The van der Waals surface area contributed by atoms with Crippen LogP contribution in [0.1, 0.15) is 74.7 Å². The lowest BCUT2D eigenvalue weighted by molar-refractivity contribution is -0.143. The molecule has 43 heavy (non-hydrogen) atoms. The third kappa shape index (κ3) is 10.2. The van der Waals surface area contributed by atoms with Crippen LogP contribution in [-0.2, 0) is 33.0 Å². The summed E-state index contributed by atoms with van der Waals surface area (Å²) in [6.07, 6.45) is 11.6. The SMILES string of the molecule is CC[Si](CC)(CC)O[C@@H]1[C@@H](/C=C\C(C)=C\C[C@@H]2O[C@H](C)[C@H](NC(=O)/C=C\[C@H](C)OC(C)=O)C[C@@H]2C)O[C@@H](CI)C[C@@]12CO2. The Balaban J connectivity index is 1.60. The number of alkyl halides is 1. The summed E-state index contributed by atoms with van der Waals surface area (Å²) >= 11 is 2.41. The number of hydrogen-bond donors (Lipinski definition) is 1. The Morgan fingerprint density at radius 2 is 1.79 bits per heavy atom. The zero-order valence-corrected chi connectivity index (χ0v) is 30.6. The molecule has 244 valence electrons. The van der Waals surface area contributed by atoms with Gasteiger partial charge < -0.3 is 28.7 Å². The van der Waals surface area contributed by atoms with Crippen LogP contribution < -0.4 is 5.32 Å². The van der Waals surface area contributed by atoms with Gasteiger partial charge in [-0.25, -0.2) is 0 Å². The molecule has 8 nitrogen and oxygen atoms in total. The molecule has 3 aliphatic rings. The zero-order valence-electron chi connectivity index (χ0n) is 27.4. The second-order valence-electron chi connectivity index (χ2n) is 12.6. The van der Waals surface area contributed by atoms with Crippen molar-refractivity contribution in [1.82, 2.24) is 5.32 Å². The van der Waals surface area contributed by atoms with Crippen LogP contribution in [0.4, 0.5) is 0 Å². The number of halogens is 1. The van der Waals surface area contributed by atoms with Crippen LogP contribution in [0.5, 0.6) is 0 Å². The summed E-state index contributed by atoms with van der Waals surface area (Å²) in [5.74, 6) is -0.302. The average Bonchev–Trinajstić information content (AvgIpc) is 3.74. The lowest BCUT2D eigenvalue weighted by atomic mass is 9.87. The van der Waals surface area contributed by atoms with Crippen LogP contribution in [0.3, 0.4) is 0 Å². The molecular weight excluding hydrogens is 677 g/mol. The van der Waals surface area contributed by atoms with E-state index >= 15 is 0 Å². The topological polar surface area (TPSA) is 95.6 Å². The smallest absolute Gasteiger partial charge is 0.303 e. The van der Waals surface area contributed by atoms with Gasteiger partial charge >= 0.3 is 5.97 Å². The first-order valence-corrected chi connectivity index (χ1v) is 20.1. The lowest BCUT2D eigenvalue weighted by Gasteiger charge is -2.44. The number of amides is 1. The molecule has 10 heteroatoms. The van der Waals surface area contributed by atoms with E-state index in [1.165, 1.54) is 18.6 Å². The Kier molecular flexibility index (Phi) is 14.0. The van der Waals surface area contributed by atoms with E-state index in [4.69, 9.17) is 23.4 Å². The van der Waals surface area contributed by atoms with Crippen LogP contribution in [-0.4, -0.2) is 79.5 Å². The Morgan fingerprint density at radius 1 is 1.12 bits per heavy atom. The fourth-order valence-corrected chi connectivity index (χ4v) is 9.69. The van der Waals surface area contributed by atoms with Crippen molar-refractivity contribution in [3.63, 3.8) is 0 Å². The van der Waals surface area contributed by atoms with Gasteiger partial charge in [0.2, 0.25) is 5.91 Å². The number of carbonyl (C=O) groups excluding carboxylic acids is 2. The van der Waals surface area contributed by atoms with E-state index in [1.54, 1.807) is 13.0 Å². The van der Waals surface area contributed by atoms with Crippen LogP contribution in [0, 0.1) is 5.92 Å². The number of esters is 1. The summed E-state index contributed by atoms with van der Waals surface area (Å²) in [4.78, 5) is 23.5. The molecule has 0 bridgehead atoms. The Bertz CT molecular complexity index is 1020. The van der Waals surface area contributed by atoms with E-state index in [1.807, 2.05) is 6.92 Å². The summed E-state index contributed by atoms with van der Waals surface area (Å²) in [7, 11) is -1.84. The van der Waals surface area contributed by atoms with Crippen molar-refractivity contribution in [1.29, 1.82) is 0 Å². The molecule has 1 N–H and O–H groups in total. The minimum atomic E-state index is -1.84. The molecule has 3 rings (SSSR count). The standard InChI is InChI=1S/C33H54INO7Si/c1-9-43(10-2,11-3)42-32-30(41-27(20-34)19-33(32)21-38-33)16-13-22(4)12-15-29-23(5)18-28(25(7)40-29)35-31(37)17-14-24(6)39-26(8)36/h12-14,16-17,23-25,27-30,32H,9-11,15,18-21H2,1-8H3,(H,35,37)/b16-13-,17-14-,22-12+/t23-,24-,25+,27+,28+,29-,30+,32+,33+/m0/s1. The van der Waals surface area contributed by atoms with E-state index in [0.29, 0.717) is 0 Å². The first kappa shape index (κ1) is 36.4. The summed E-state index contributed by atoms with van der Waals surface area (Å²) in [6.45, 7) is 17.0. The largest absolute Gasteiger partial charge is 0.459 e. The van der Waals surface area contributed by atoms with Gasteiger partial charge in [0.15, 0.2) is 8.32 Å². The molecule has 1 amide bonds. The minimum Gasteiger partial charge on any atom is -0.459 e. The van der Waals surface area contributed by atoms with E-state index < -0.39 is 14.4 Å². The van der Waals surface area contributed by atoms with Gasteiger partial charge in [0.1, 0.15) is 23.9 Å². The lowest BCUT2D eigenvalue weighted by Crippen LogP contribution is -2.56. The zero-order chi connectivity index (χ0) is 31.8. The fourth-order valence-electron chi connectivity index (χ4n) is 6.28. The molecule has 3 saturated heterocycles. The third-order valence-corrected chi connectivity index (χ3v) is 15.0. The van der Waals surface area contributed by atoms with Gasteiger partial charge in [0.05, 0.1) is 31.0 Å².